The van der Waals surface area contributed by atoms with Crippen LogP contribution in [0, 0.1) is 5.92 Å². The lowest BCUT2D eigenvalue weighted by atomic mass is 10.0. The van der Waals surface area contributed by atoms with Gasteiger partial charge in [-0.05, 0) is 76.0 Å². The molecule has 0 unspecified atom stereocenters. The van der Waals surface area contributed by atoms with E-state index in [9.17, 15) is 24.0 Å². The molecule has 1 saturated heterocycles. The van der Waals surface area contributed by atoms with Gasteiger partial charge in [-0.25, -0.2) is 5.43 Å². The number of esters is 2. The Labute approximate surface area is 282 Å². The van der Waals surface area contributed by atoms with E-state index in [2.05, 4.69) is 16.1 Å². The summed E-state index contributed by atoms with van der Waals surface area (Å²) >= 11 is 0. The molecule has 0 radical (unpaired) electrons. The first-order chi connectivity index (χ1) is 22.9. The second-order valence-electron chi connectivity index (χ2n) is 13.0. The lowest BCUT2D eigenvalue weighted by Gasteiger charge is -2.35. The number of cyclic esters (lactones) is 1. The molecular weight excluding hydrogens is 614 g/mol. The first-order valence-electron chi connectivity index (χ1n) is 17.1. The van der Waals surface area contributed by atoms with E-state index in [1.807, 2.05) is 56.3 Å². The normalized spacial score (nSPS) is 26.0. The largest absolute Gasteiger partial charge is 0.462 e. The van der Waals surface area contributed by atoms with Crippen molar-refractivity contribution in [3.05, 3.63) is 47.7 Å². The fourth-order valence-corrected chi connectivity index (χ4v) is 5.79. The quantitative estimate of drug-likeness (QED) is 0.407. The van der Waals surface area contributed by atoms with Crippen LogP contribution in [0.1, 0.15) is 103 Å². The van der Waals surface area contributed by atoms with Crippen LogP contribution in [0.5, 0.6) is 0 Å². The molecule has 2 aromatic rings. The average molecular weight is 664 g/mol. The number of hydrogen-bond donors (Lipinski definition) is 3. The number of carbonyl (C=O) groups excluding carboxylic acids is 5. The number of fused-ring (bicyclic) bond motifs is 4. The Hall–Kier alpha value is -4.32. The van der Waals surface area contributed by atoms with E-state index in [0.717, 1.165) is 16.5 Å². The van der Waals surface area contributed by atoms with Crippen LogP contribution in [0.25, 0.3) is 17.0 Å². The predicted molar refractivity (Wildman–Crippen MR) is 181 cm³/mol. The van der Waals surface area contributed by atoms with Crippen molar-refractivity contribution in [3.63, 3.8) is 0 Å². The molecule has 12 heteroatoms. The van der Waals surface area contributed by atoms with E-state index in [4.69, 9.17) is 14.5 Å². The molecule has 12 nitrogen and oxygen atoms in total. The van der Waals surface area contributed by atoms with E-state index < -0.39 is 42.1 Å². The number of rotatable bonds is 4. The number of benzene rings is 1. The maximum atomic E-state index is 13.3. The number of nitrogens with one attached hydrogen (secondary N) is 3. The molecule has 3 amide bonds. The zero-order valence-corrected chi connectivity index (χ0v) is 28.6. The van der Waals surface area contributed by atoms with E-state index in [1.165, 1.54) is 5.01 Å². The van der Waals surface area contributed by atoms with Gasteiger partial charge >= 0.3 is 11.9 Å². The van der Waals surface area contributed by atoms with Gasteiger partial charge in [0, 0.05) is 24.8 Å². The minimum absolute atomic E-state index is 0.0446. The lowest BCUT2D eigenvalue weighted by Crippen LogP contribution is -2.61. The third-order valence-corrected chi connectivity index (χ3v) is 8.55. The Balaban J connectivity index is 1.59. The number of ether oxygens (including phenoxy) is 2. The van der Waals surface area contributed by atoms with Crippen molar-refractivity contribution in [2.45, 2.75) is 116 Å². The summed E-state index contributed by atoms with van der Waals surface area (Å²) in [4.78, 5) is 70.0. The summed E-state index contributed by atoms with van der Waals surface area (Å²) in [5.41, 5.74) is 5.46. The fourth-order valence-electron chi connectivity index (χ4n) is 5.79. The molecule has 1 aromatic carbocycles. The molecule has 260 valence electrons. The Morgan fingerprint density at radius 1 is 1.02 bits per heavy atom. The molecule has 4 rings (SSSR count). The van der Waals surface area contributed by atoms with Gasteiger partial charge in [-0.1, -0.05) is 51.1 Å². The van der Waals surface area contributed by atoms with Crippen LogP contribution in [0.15, 0.2) is 36.4 Å². The number of aromatic nitrogens is 1. The second-order valence-corrected chi connectivity index (χ2v) is 13.0. The number of amides is 3. The minimum atomic E-state index is -1.12. The molecule has 1 aromatic heterocycles. The third kappa shape index (κ3) is 10.1. The van der Waals surface area contributed by atoms with E-state index in [-0.39, 0.29) is 43.1 Å². The first-order valence-corrected chi connectivity index (χ1v) is 17.1. The van der Waals surface area contributed by atoms with Crippen molar-refractivity contribution in [1.82, 2.24) is 26.1 Å². The molecule has 0 saturated carbocycles. The number of hydrogen-bond acceptors (Lipinski definition) is 9. The maximum absolute atomic E-state index is 13.3. The van der Waals surface area contributed by atoms with Crippen molar-refractivity contribution in [1.29, 1.82) is 0 Å². The molecule has 0 spiro atoms. The summed E-state index contributed by atoms with van der Waals surface area (Å²) in [6, 6.07) is 7.86. The monoisotopic (exact) mass is 663 g/mol. The molecule has 3 N–H and O–H groups in total. The van der Waals surface area contributed by atoms with Crippen molar-refractivity contribution >= 4 is 46.6 Å². The Morgan fingerprint density at radius 3 is 2.52 bits per heavy atom. The van der Waals surface area contributed by atoms with Gasteiger partial charge in [-0.15, -0.1) is 0 Å². The van der Waals surface area contributed by atoms with Crippen LogP contribution < -0.4 is 16.1 Å². The highest BCUT2D eigenvalue weighted by Crippen LogP contribution is 2.21. The summed E-state index contributed by atoms with van der Waals surface area (Å²) in [6.45, 7) is 9.19. The predicted octanol–water partition coefficient (Wildman–Crippen LogP) is 4.28. The molecule has 1 fully saturated rings. The van der Waals surface area contributed by atoms with Gasteiger partial charge in [0.15, 0.2) is 6.10 Å². The van der Waals surface area contributed by atoms with Gasteiger partial charge in [-0.2, -0.15) is 0 Å². The summed E-state index contributed by atoms with van der Waals surface area (Å²) in [5, 5.41) is 8.03. The number of carbonyl (C=O) groups is 5. The van der Waals surface area contributed by atoms with Crippen LogP contribution >= 0.6 is 0 Å². The van der Waals surface area contributed by atoms with Crippen molar-refractivity contribution in [2.24, 2.45) is 5.92 Å². The highest BCUT2D eigenvalue weighted by molar-refractivity contribution is 5.91. The molecule has 5 bridgehead atoms. The standard InChI is InChI=1S/C36H49N5O7/c1-6-10-31(42)47-27-12-8-7-11-25-14-15-26-16-18-28(39-30(26)21-25)23(4)37-34(44)29-13-9-20-41(40-29)36(46)24(5)38-35(45)33(22(2)3)48-32(43)19-17-27/h7,11,14-16,18,21-24,27,29,33,40H,6,8-10,12-13,17,19-20H2,1-5H3,(H,37,44)(H,38,45)/b11-7+/t23-,24+,27-,29+,33+/m1/s1. The van der Waals surface area contributed by atoms with Crippen molar-refractivity contribution in [3.8, 4) is 0 Å². The second kappa shape index (κ2) is 17.2. The van der Waals surface area contributed by atoms with Crippen molar-refractivity contribution in [2.75, 3.05) is 6.54 Å². The topological polar surface area (TPSA) is 156 Å². The summed E-state index contributed by atoms with van der Waals surface area (Å²) in [6.07, 6.45) is 5.73. The van der Waals surface area contributed by atoms with Gasteiger partial charge in [0.25, 0.3) is 11.8 Å². The maximum Gasteiger partial charge on any atom is 0.306 e. The van der Waals surface area contributed by atoms with Gasteiger partial charge in [0.05, 0.1) is 17.3 Å². The molecule has 2 aliphatic heterocycles. The zero-order valence-electron chi connectivity index (χ0n) is 28.6. The summed E-state index contributed by atoms with van der Waals surface area (Å²) in [7, 11) is 0. The highest BCUT2D eigenvalue weighted by Gasteiger charge is 2.34. The van der Waals surface area contributed by atoms with Crippen LogP contribution in [-0.2, 0) is 33.4 Å². The van der Waals surface area contributed by atoms with Gasteiger partial charge in [-0.3, -0.25) is 34.0 Å². The van der Waals surface area contributed by atoms with E-state index in [0.29, 0.717) is 44.3 Å². The number of nitrogens with zero attached hydrogens (tertiary/aromatic N) is 2. The lowest BCUT2D eigenvalue weighted by molar-refractivity contribution is -0.161. The van der Waals surface area contributed by atoms with Crippen LogP contribution in [0.3, 0.4) is 0 Å². The number of hydrazine groups is 1. The highest BCUT2D eigenvalue weighted by atomic mass is 16.6. The molecule has 0 aliphatic carbocycles. The molecule has 2 aliphatic rings. The van der Waals surface area contributed by atoms with Crippen LogP contribution in [-0.4, -0.2) is 70.5 Å². The zero-order chi connectivity index (χ0) is 34.8. The van der Waals surface area contributed by atoms with Crippen molar-refractivity contribution < 1.29 is 33.4 Å². The fraction of sp³-hybridized carbons (Fsp3) is 0.556. The molecular formula is C36H49N5O7. The van der Waals surface area contributed by atoms with Crippen LogP contribution in [0.2, 0.25) is 0 Å². The van der Waals surface area contributed by atoms with E-state index in [1.54, 1.807) is 20.8 Å². The molecule has 48 heavy (non-hydrogen) atoms. The third-order valence-electron chi connectivity index (χ3n) is 8.55. The summed E-state index contributed by atoms with van der Waals surface area (Å²) < 4.78 is 11.3. The Kier molecular flexibility index (Phi) is 13.1. The SMILES string of the molecule is CCCC(=O)O[C@@H]1CC/C=C/c2ccc3ccc(nc3c2)[C@@H](C)NC(=O)[C@@H]2CCCN(N2)C(=O)[C@H](C)NC(=O)[C@H](C(C)C)OC(=O)CC1. The first kappa shape index (κ1) is 36.5. The molecule has 3 heterocycles. The van der Waals surface area contributed by atoms with Gasteiger partial charge < -0.3 is 20.1 Å². The van der Waals surface area contributed by atoms with Crippen LogP contribution in [0.4, 0.5) is 0 Å². The average Bonchev–Trinajstić information content (AvgIpc) is 3.06. The number of pyridine rings is 1. The van der Waals surface area contributed by atoms with E-state index >= 15 is 0 Å². The smallest absolute Gasteiger partial charge is 0.306 e. The van der Waals surface area contributed by atoms with Gasteiger partial charge in [0.2, 0.25) is 5.91 Å². The van der Waals surface area contributed by atoms with Gasteiger partial charge in [0.1, 0.15) is 18.2 Å². The Morgan fingerprint density at radius 2 is 1.77 bits per heavy atom. The Bertz CT molecular complexity index is 1510. The number of allylic oxidation sites excluding steroid dienone is 1. The summed E-state index contributed by atoms with van der Waals surface area (Å²) in [5.74, 6) is -2.53. The minimum Gasteiger partial charge on any atom is -0.462 e. The molecule has 5 atom stereocenters.